The Morgan fingerprint density at radius 3 is 2.71 bits per heavy atom. The third kappa shape index (κ3) is 2.33. The summed E-state index contributed by atoms with van der Waals surface area (Å²) >= 11 is 0. The van der Waals surface area contributed by atoms with Crippen molar-refractivity contribution in [1.82, 2.24) is 5.32 Å². The minimum absolute atomic E-state index is 0.0428. The van der Waals surface area contributed by atoms with Crippen molar-refractivity contribution in [2.75, 3.05) is 6.73 Å². The molecule has 0 bridgehead atoms. The van der Waals surface area contributed by atoms with Crippen LogP contribution < -0.4 is 11.1 Å². The zero-order chi connectivity index (χ0) is 10.6. The second-order valence-corrected chi connectivity index (χ2v) is 2.59. The molecule has 1 heterocycles. The topological polar surface area (TPSA) is 102 Å². The lowest BCUT2D eigenvalue weighted by molar-refractivity contribution is -0.138. The Bertz CT molecular complexity index is 319. The first-order valence-corrected chi connectivity index (χ1v) is 3.89. The summed E-state index contributed by atoms with van der Waals surface area (Å²) in [4.78, 5) is 21.7. The smallest absolute Gasteiger partial charge is 0.337 e. The molecule has 1 rings (SSSR count). The van der Waals surface area contributed by atoms with Gasteiger partial charge in [0.2, 0.25) is 0 Å². The van der Waals surface area contributed by atoms with Crippen LogP contribution >= 0.6 is 0 Å². The maximum Gasteiger partial charge on any atom is 0.337 e. The number of hydrogen-bond acceptors (Lipinski definition) is 5. The first kappa shape index (κ1) is 10.3. The molecule has 76 valence electrons. The second-order valence-electron chi connectivity index (χ2n) is 2.59. The lowest BCUT2D eigenvalue weighted by Crippen LogP contribution is -2.20. The number of nitrogens with one attached hydrogen (secondary N) is 1. The van der Waals surface area contributed by atoms with E-state index in [2.05, 4.69) is 10.1 Å². The van der Waals surface area contributed by atoms with E-state index in [9.17, 15) is 9.59 Å². The average Bonchev–Trinajstić information content (AvgIpc) is 2.18. The third-order valence-corrected chi connectivity index (χ3v) is 1.65. The van der Waals surface area contributed by atoms with Crippen LogP contribution in [0.5, 0.6) is 0 Å². The fourth-order valence-electron chi connectivity index (χ4n) is 0.987. The Kier molecular flexibility index (Phi) is 3.24. The van der Waals surface area contributed by atoms with Gasteiger partial charge in [0.15, 0.2) is 0 Å². The molecule has 0 aromatic carbocycles. The van der Waals surface area contributed by atoms with Crippen LogP contribution in [0.15, 0.2) is 23.5 Å². The summed E-state index contributed by atoms with van der Waals surface area (Å²) in [6.45, 7) is -0.220. The van der Waals surface area contributed by atoms with E-state index < -0.39 is 11.9 Å². The summed E-state index contributed by atoms with van der Waals surface area (Å²) in [6, 6.07) is 0. The molecule has 0 unspecified atom stereocenters. The van der Waals surface area contributed by atoms with Gasteiger partial charge in [-0.25, -0.2) is 9.59 Å². The molecule has 4 N–H and O–H groups in total. The van der Waals surface area contributed by atoms with Crippen LogP contribution in [-0.4, -0.2) is 23.8 Å². The van der Waals surface area contributed by atoms with E-state index in [4.69, 9.17) is 10.8 Å². The van der Waals surface area contributed by atoms with Crippen LogP contribution in [0.4, 0.5) is 0 Å². The molecule has 0 aliphatic carbocycles. The van der Waals surface area contributed by atoms with Crippen molar-refractivity contribution >= 4 is 11.9 Å². The summed E-state index contributed by atoms with van der Waals surface area (Å²) in [7, 11) is 0. The SMILES string of the molecule is NCOC(=O)C1=CNC=C(C(=O)O)C1. The molecular formula is C8H10N2O4. The molecular weight excluding hydrogens is 188 g/mol. The summed E-state index contributed by atoms with van der Waals surface area (Å²) < 4.78 is 4.52. The first-order chi connectivity index (χ1) is 6.65. The van der Waals surface area contributed by atoms with Crippen molar-refractivity contribution in [1.29, 1.82) is 0 Å². The van der Waals surface area contributed by atoms with Crippen LogP contribution in [0.25, 0.3) is 0 Å². The summed E-state index contributed by atoms with van der Waals surface area (Å²) in [5.74, 6) is -1.67. The van der Waals surface area contributed by atoms with Crippen LogP contribution in [0.1, 0.15) is 6.42 Å². The Balaban J connectivity index is 2.63. The normalized spacial score (nSPS) is 14.9. The minimum Gasteiger partial charge on any atom is -0.478 e. The van der Waals surface area contributed by atoms with Crippen LogP contribution in [0.3, 0.4) is 0 Å². The maximum absolute atomic E-state index is 11.1. The number of carboxylic acid groups (broad SMARTS) is 1. The summed E-state index contributed by atoms with van der Waals surface area (Å²) in [6.07, 6.45) is 2.76. The number of esters is 1. The van der Waals surface area contributed by atoms with Gasteiger partial charge in [0, 0.05) is 18.8 Å². The van der Waals surface area contributed by atoms with Gasteiger partial charge in [-0.3, -0.25) is 5.73 Å². The zero-order valence-corrected chi connectivity index (χ0v) is 7.32. The van der Waals surface area contributed by atoms with Gasteiger partial charge in [-0.05, 0) is 0 Å². The van der Waals surface area contributed by atoms with Crippen molar-refractivity contribution in [3.63, 3.8) is 0 Å². The molecule has 0 radical (unpaired) electrons. The van der Waals surface area contributed by atoms with Gasteiger partial charge >= 0.3 is 11.9 Å². The molecule has 0 saturated heterocycles. The fraction of sp³-hybridized carbons (Fsp3) is 0.250. The van der Waals surface area contributed by atoms with Gasteiger partial charge in [-0.1, -0.05) is 0 Å². The maximum atomic E-state index is 11.1. The Morgan fingerprint density at radius 1 is 1.50 bits per heavy atom. The van der Waals surface area contributed by atoms with Crippen LogP contribution in [-0.2, 0) is 14.3 Å². The van der Waals surface area contributed by atoms with E-state index in [1.54, 1.807) is 0 Å². The highest BCUT2D eigenvalue weighted by Crippen LogP contribution is 2.15. The molecule has 6 nitrogen and oxygen atoms in total. The summed E-state index contributed by atoms with van der Waals surface area (Å²) in [5, 5.41) is 11.2. The number of carbonyl (C=O) groups is 2. The number of carbonyl (C=O) groups excluding carboxylic acids is 1. The van der Waals surface area contributed by atoms with E-state index in [-0.39, 0.29) is 24.3 Å². The highest BCUT2D eigenvalue weighted by Gasteiger charge is 2.19. The highest BCUT2D eigenvalue weighted by molar-refractivity contribution is 5.94. The third-order valence-electron chi connectivity index (χ3n) is 1.65. The molecule has 6 heteroatoms. The zero-order valence-electron chi connectivity index (χ0n) is 7.32. The Morgan fingerprint density at radius 2 is 2.14 bits per heavy atom. The van der Waals surface area contributed by atoms with Gasteiger partial charge in [-0.15, -0.1) is 0 Å². The molecule has 14 heavy (non-hydrogen) atoms. The molecule has 0 atom stereocenters. The Hall–Kier alpha value is -1.82. The largest absolute Gasteiger partial charge is 0.478 e. The number of aliphatic carboxylic acids is 1. The number of carboxylic acids is 1. The van der Waals surface area contributed by atoms with Gasteiger partial charge in [0.1, 0.15) is 6.73 Å². The fourth-order valence-corrected chi connectivity index (χ4v) is 0.987. The number of ether oxygens (including phenoxy) is 1. The van der Waals surface area contributed by atoms with Crippen molar-refractivity contribution in [3.05, 3.63) is 23.5 Å². The number of rotatable bonds is 3. The standard InChI is InChI=1S/C8H10N2O4/c9-4-14-8(13)6-1-5(7(11)12)2-10-3-6/h2-3,10H,1,4,9H2,(H,11,12). The minimum atomic E-state index is -1.07. The van der Waals surface area contributed by atoms with Crippen LogP contribution in [0.2, 0.25) is 0 Å². The van der Waals surface area contributed by atoms with Crippen molar-refractivity contribution < 1.29 is 19.4 Å². The molecule has 0 spiro atoms. The van der Waals surface area contributed by atoms with E-state index >= 15 is 0 Å². The predicted molar refractivity (Wildman–Crippen MR) is 46.7 cm³/mol. The van der Waals surface area contributed by atoms with Crippen molar-refractivity contribution in [2.45, 2.75) is 6.42 Å². The van der Waals surface area contributed by atoms with E-state index in [1.165, 1.54) is 12.4 Å². The van der Waals surface area contributed by atoms with Gasteiger partial charge < -0.3 is 15.2 Å². The van der Waals surface area contributed by atoms with Crippen molar-refractivity contribution in [3.8, 4) is 0 Å². The molecule has 0 amide bonds. The Labute approximate surface area is 80.0 Å². The lowest BCUT2D eigenvalue weighted by Gasteiger charge is -2.11. The van der Waals surface area contributed by atoms with Gasteiger partial charge in [0.05, 0.1) is 11.1 Å². The number of nitrogens with two attached hydrogens (primary N) is 1. The molecule has 0 fully saturated rings. The molecule has 1 aliphatic rings. The predicted octanol–water partition coefficient (Wildman–Crippen LogP) is -0.708. The average molecular weight is 198 g/mol. The molecule has 0 aromatic heterocycles. The second kappa shape index (κ2) is 4.43. The summed E-state index contributed by atoms with van der Waals surface area (Å²) in [5.41, 5.74) is 5.36. The van der Waals surface area contributed by atoms with E-state index in [0.717, 1.165) is 0 Å². The molecule has 0 aromatic rings. The van der Waals surface area contributed by atoms with Gasteiger partial charge in [-0.2, -0.15) is 0 Å². The molecule has 1 aliphatic heterocycles. The first-order valence-electron chi connectivity index (χ1n) is 3.89. The number of dihydropyridines is 1. The molecule has 0 saturated carbocycles. The van der Waals surface area contributed by atoms with Crippen LogP contribution in [0, 0.1) is 0 Å². The highest BCUT2D eigenvalue weighted by atomic mass is 16.5. The van der Waals surface area contributed by atoms with E-state index in [0.29, 0.717) is 0 Å². The quantitative estimate of drug-likeness (QED) is 0.409. The van der Waals surface area contributed by atoms with Gasteiger partial charge in [0.25, 0.3) is 0 Å². The number of hydrogen-bond donors (Lipinski definition) is 3. The van der Waals surface area contributed by atoms with E-state index in [1.807, 2.05) is 0 Å². The monoisotopic (exact) mass is 198 g/mol. The lowest BCUT2D eigenvalue weighted by atomic mass is 10.1. The van der Waals surface area contributed by atoms with Crippen molar-refractivity contribution in [2.24, 2.45) is 5.73 Å².